The molecule has 116 valence electrons. The SMILES string of the molecule is C1COC2(CCNC2)OC1.NC(=O)OCc1ccccc1. The van der Waals surface area contributed by atoms with Crippen LogP contribution in [0, 0.1) is 0 Å². The quantitative estimate of drug-likeness (QED) is 0.861. The number of hydrogen-bond acceptors (Lipinski definition) is 5. The van der Waals surface area contributed by atoms with E-state index < -0.39 is 6.09 Å². The standard InChI is InChI=1S/C8H9NO2.C7H13NO2/c9-8(10)11-6-7-4-2-1-3-5-7;1-4-9-7(10-5-1)2-3-8-6-7/h1-5H,6H2,(H2,9,10);8H,1-6H2. The summed E-state index contributed by atoms with van der Waals surface area (Å²) in [5, 5.41) is 3.23. The highest BCUT2D eigenvalue weighted by molar-refractivity contribution is 5.64. The number of rotatable bonds is 2. The second-order valence-corrected chi connectivity index (χ2v) is 4.98. The van der Waals surface area contributed by atoms with Gasteiger partial charge in [0.05, 0.1) is 13.2 Å². The van der Waals surface area contributed by atoms with Gasteiger partial charge in [-0.15, -0.1) is 0 Å². The summed E-state index contributed by atoms with van der Waals surface area (Å²) in [5.74, 6) is -0.238. The molecule has 6 nitrogen and oxygen atoms in total. The van der Waals surface area contributed by atoms with Crippen molar-refractivity contribution in [1.29, 1.82) is 0 Å². The third kappa shape index (κ3) is 5.34. The Labute approximate surface area is 124 Å². The van der Waals surface area contributed by atoms with Crippen molar-refractivity contribution in [3.05, 3.63) is 35.9 Å². The molecule has 21 heavy (non-hydrogen) atoms. The summed E-state index contributed by atoms with van der Waals surface area (Å²) >= 11 is 0. The molecule has 3 N–H and O–H groups in total. The number of primary amides is 1. The van der Waals surface area contributed by atoms with Crippen LogP contribution in [0.25, 0.3) is 0 Å². The van der Waals surface area contributed by atoms with Gasteiger partial charge in [-0.2, -0.15) is 0 Å². The Morgan fingerprint density at radius 3 is 2.57 bits per heavy atom. The van der Waals surface area contributed by atoms with E-state index >= 15 is 0 Å². The van der Waals surface area contributed by atoms with Gasteiger partial charge in [0.2, 0.25) is 0 Å². The van der Waals surface area contributed by atoms with E-state index in [1.54, 1.807) is 0 Å². The monoisotopic (exact) mass is 294 g/mol. The van der Waals surface area contributed by atoms with Crippen molar-refractivity contribution in [2.24, 2.45) is 5.73 Å². The second-order valence-electron chi connectivity index (χ2n) is 4.98. The maximum atomic E-state index is 10.2. The first-order valence-corrected chi connectivity index (χ1v) is 7.15. The predicted octanol–water partition coefficient (Wildman–Crippen LogP) is 1.39. The Kier molecular flexibility index (Phi) is 5.98. The third-order valence-corrected chi connectivity index (χ3v) is 3.32. The average molecular weight is 294 g/mol. The molecule has 1 aromatic carbocycles. The highest BCUT2D eigenvalue weighted by Crippen LogP contribution is 2.24. The van der Waals surface area contributed by atoms with E-state index in [1.807, 2.05) is 30.3 Å². The summed E-state index contributed by atoms with van der Waals surface area (Å²) in [6, 6.07) is 9.37. The molecule has 2 aliphatic heterocycles. The Morgan fingerprint density at radius 2 is 2.00 bits per heavy atom. The smallest absolute Gasteiger partial charge is 0.404 e. The van der Waals surface area contributed by atoms with Crippen molar-refractivity contribution >= 4 is 6.09 Å². The Morgan fingerprint density at radius 1 is 1.29 bits per heavy atom. The molecular formula is C15H22N2O4. The molecule has 6 heteroatoms. The normalized spacial score (nSPS) is 19.6. The number of ether oxygens (including phenoxy) is 3. The number of nitrogens with two attached hydrogens (primary N) is 1. The van der Waals surface area contributed by atoms with Crippen LogP contribution in [0.2, 0.25) is 0 Å². The lowest BCUT2D eigenvalue weighted by Gasteiger charge is -2.32. The minimum atomic E-state index is -0.742. The lowest BCUT2D eigenvalue weighted by Crippen LogP contribution is -2.42. The molecule has 2 fully saturated rings. The van der Waals surface area contributed by atoms with E-state index in [4.69, 9.17) is 15.2 Å². The minimum absolute atomic E-state index is 0.238. The van der Waals surface area contributed by atoms with E-state index in [0.717, 1.165) is 44.7 Å². The van der Waals surface area contributed by atoms with Crippen LogP contribution in [0.4, 0.5) is 4.79 Å². The molecule has 0 atom stereocenters. The first kappa shape index (κ1) is 15.8. The first-order valence-electron chi connectivity index (χ1n) is 7.15. The van der Waals surface area contributed by atoms with Gasteiger partial charge in [0, 0.05) is 19.5 Å². The average Bonchev–Trinajstić information content (AvgIpc) is 2.95. The van der Waals surface area contributed by atoms with Gasteiger partial charge in [0.1, 0.15) is 6.61 Å². The third-order valence-electron chi connectivity index (χ3n) is 3.32. The summed E-state index contributed by atoms with van der Waals surface area (Å²) in [7, 11) is 0. The van der Waals surface area contributed by atoms with Crippen molar-refractivity contribution in [3.8, 4) is 0 Å². The second kappa shape index (κ2) is 7.97. The summed E-state index contributed by atoms with van der Waals surface area (Å²) in [5.41, 5.74) is 5.72. The van der Waals surface area contributed by atoms with Crippen LogP contribution in [-0.4, -0.2) is 38.2 Å². The van der Waals surface area contributed by atoms with E-state index in [9.17, 15) is 4.79 Å². The zero-order valence-corrected chi connectivity index (χ0v) is 12.0. The Bertz CT molecular complexity index is 425. The van der Waals surface area contributed by atoms with Crippen molar-refractivity contribution < 1.29 is 19.0 Å². The molecule has 0 bridgehead atoms. The number of amides is 1. The molecular weight excluding hydrogens is 272 g/mol. The highest BCUT2D eigenvalue weighted by atomic mass is 16.7. The Hall–Kier alpha value is -1.63. The topological polar surface area (TPSA) is 82.8 Å². The van der Waals surface area contributed by atoms with Crippen LogP contribution in [0.3, 0.4) is 0 Å². The van der Waals surface area contributed by atoms with Crippen LogP contribution in [-0.2, 0) is 20.8 Å². The number of carbonyl (C=O) groups is 1. The van der Waals surface area contributed by atoms with Crippen LogP contribution >= 0.6 is 0 Å². The zero-order valence-electron chi connectivity index (χ0n) is 12.0. The first-order chi connectivity index (χ1) is 10.2. The van der Waals surface area contributed by atoms with Crippen molar-refractivity contribution in [2.45, 2.75) is 25.2 Å². The van der Waals surface area contributed by atoms with E-state index in [2.05, 4.69) is 10.1 Å². The van der Waals surface area contributed by atoms with Crippen LogP contribution in [0.15, 0.2) is 30.3 Å². The molecule has 0 aliphatic carbocycles. The van der Waals surface area contributed by atoms with Gasteiger partial charge in [-0.05, 0) is 12.0 Å². The van der Waals surface area contributed by atoms with Gasteiger partial charge < -0.3 is 25.3 Å². The van der Waals surface area contributed by atoms with Gasteiger partial charge in [-0.1, -0.05) is 30.3 Å². The minimum Gasteiger partial charge on any atom is -0.445 e. The number of benzene rings is 1. The van der Waals surface area contributed by atoms with Crippen molar-refractivity contribution in [1.82, 2.24) is 5.32 Å². The lowest BCUT2D eigenvalue weighted by atomic mass is 10.2. The van der Waals surface area contributed by atoms with Gasteiger partial charge >= 0.3 is 6.09 Å². The zero-order chi connectivity index (χ0) is 15.0. The fourth-order valence-corrected chi connectivity index (χ4v) is 2.24. The molecule has 2 saturated heterocycles. The summed E-state index contributed by atoms with van der Waals surface area (Å²) < 4.78 is 15.7. The molecule has 1 spiro atoms. The molecule has 3 rings (SSSR count). The molecule has 1 aromatic rings. The summed E-state index contributed by atoms with van der Waals surface area (Å²) in [6.07, 6.45) is 1.31. The largest absolute Gasteiger partial charge is 0.445 e. The molecule has 0 radical (unpaired) electrons. The van der Waals surface area contributed by atoms with Crippen LogP contribution in [0.5, 0.6) is 0 Å². The lowest BCUT2D eigenvalue weighted by molar-refractivity contribution is -0.253. The number of nitrogens with one attached hydrogen (secondary N) is 1. The van der Waals surface area contributed by atoms with Gasteiger partial charge in [0.25, 0.3) is 0 Å². The number of hydrogen-bond donors (Lipinski definition) is 2. The summed E-state index contributed by atoms with van der Waals surface area (Å²) in [4.78, 5) is 10.2. The van der Waals surface area contributed by atoms with E-state index in [0.29, 0.717) is 0 Å². The van der Waals surface area contributed by atoms with Gasteiger partial charge in [-0.3, -0.25) is 0 Å². The maximum absolute atomic E-state index is 10.2. The molecule has 0 saturated carbocycles. The van der Waals surface area contributed by atoms with Crippen LogP contribution < -0.4 is 11.1 Å². The number of carbonyl (C=O) groups excluding carboxylic acids is 1. The van der Waals surface area contributed by atoms with Crippen molar-refractivity contribution in [3.63, 3.8) is 0 Å². The molecule has 1 amide bonds. The van der Waals surface area contributed by atoms with Crippen LogP contribution in [0.1, 0.15) is 18.4 Å². The molecule has 2 aliphatic rings. The summed E-state index contributed by atoms with van der Waals surface area (Å²) in [6.45, 7) is 3.87. The van der Waals surface area contributed by atoms with Gasteiger partial charge in [0.15, 0.2) is 5.79 Å². The molecule has 2 heterocycles. The maximum Gasteiger partial charge on any atom is 0.404 e. The fourth-order valence-electron chi connectivity index (χ4n) is 2.24. The van der Waals surface area contributed by atoms with E-state index in [-0.39, 0.29) is 12.4 Å². The predicted molar refractivity (Wildman–Crippen MR) is 77.6 cm³/mol. The highest BCUT2D eigenvalue weighted by Gasteiger charge is 2.37. The van der Waals surface area contributed by atoms with E-state index in [1.165, 1.54) is 0 Å². The Balaban J connectivity index is 0.000000154. The molecule has 0 aromatic heterocycles. The van der Waals surface area contributed by atoms with Crippen molar-refractivity contribution in [2.75, 3.05) is 26.3 Å². The fraction of sp³-hybridized carbons (Fsp3) is 0.533. The molecule has 0 unspecified atom stereocenters. The van der Waals surface area contributed by atoms with Gasteiger partial charge in [-0.25, -0.2) is 4.79 Å².